The Balaban J connectivity index is 2.29. The van der Waals surface area contributed by atoms with Gasteiger partial charge >= 0.3 is 0 Å². The molecule has 1 aliphatic heterocycles. The molecule has 0 radical (unpaired) electrons. The monoisotopic (exact) mass is 269 g/mol. The van der Waals surface area contributed by atoms with Gasteiger partial charge in [0.2, 0.25) is 0 Å². The minimum absolute atomic E-state index is 0.278. The highest BCUT2D eigenvalue weighted by Gasteiger charge is 2.30. The van der Waals surface area contributed by atoms with E-state index in [4.69, 9.17) is 0 Å². The Morgan fingerprint density at radius 3 is 2.58 bits per heavy atom. The number of rotatable bonds is 7. The molecule has 0 saturated carbocycles. The fraction of sp³-hybridized carbons (Fsp3) is 1.00. The van der Waals surface area contributed by atoms with Crippen LogP contribution in [0.25, 0.3) is 0 Å². The maximum atomic E-state index is 3.66. The molecular weight excluding hydrogens is 234 g/mol. The number of hydrogen-bond acceptors (Lipinski definition) is 3. The predicted octanol–water partition coefficient (Wildman–Crippen LogP) is 2.57. The Bertz CT molecular complexity index is 250. The molecule has 1 fully saturated rings. The molecule has 0 aromatic heterocycles. The summed E-state index contributed by atoms with van der Waals surface area (Å²) in [6.45, 7) is 16.3. The first-order valence-electron chi connectivity index (χ1n) is 8.05. The van der Waals surface area contributed by atoms with Gasteiger partial charge in [0.1, 0.15) is 0 Å². The van der Waals surface area contributed by atoms with Crippen LogP contribution >= 0.6 is 0 Å². The number of nitrogens with zero attached hydrogens (tertiary/aromatic N) is 2. The summed E-state index contributed by atoms with van der Waals surface area (Å²) in [5.41, 5.74) is 0.278. The van der Waals surface area contributed by atoms with Crippen molar-refractivity contribution in [2.75, 3.05) is 33.2 Å². The summed E-state index contributed by atoms with van der Waals surface area (Å²) in [5, 5.41) is 3.66. The quantitative estimate of drug-likeness (QED) is 0.717. The normalized spacial score (nSPS) is 24.3. The minimum atomic E-state index is 0.278. The lowest BCUT2D eigenvalue weighted by atomic mass is 9.97. The van der Waals surface area contributed by atoms with E-state index in [2.05, 4.69) is 56.8 Å². The zero-order valence-electron chi connectivity index (χ0n) is 14.0. The molecule has 1 aliphatic rings. The van der Waals surface area contributed by atoms with Crippen LogP contribution in [0, 0.1) is 0 Å². The number of hydrogen-bond donors (Lipinski definition) is 1. The van der Waals surface area contributed by atoms with Gasteiger partial charge in [-0.05, 0) is 67.1 Å². The molecule has 1 heterocycles. The highest BCUT2D eigenvalue weighted by atomic mass is 15.2. The third kappa shape index (κ3) is 5.80. The van der Waals surface area contributed by atoms with E-state index in [1.807, 2.05) is 0 Å². The molecule has 0 aromatic rings. The van der Waals surface area contributed by atoms with Gasteiger partial charge in [0.25, 0.3) is 0 Å². The van der Waals surface area contributed by atoms with E-state index in [1.54, 1.807) is 0 Å². The largest absolute Gasteiger partial charge is 0.309 e. The van der Waals surface area contributed by atoms with Gasteiger partial charge < -0.3 is 10.2 Å². The molecule has 0 bridgehead atoms. The molecule has 0 amide bonds. The third-order valence-corrected chi connectivity index (χ3v) is 4.49. The lowest BCUT2D eigenvalue weighted by Crippen LogP contribution is -2.61. The highest BCUT2D eigenvalue weighted by Crippen LogP contribution is 2.17. The van der Waals surface area contributed by atoms with Gasteiger partial charge in [-0.1, -0.05) is 6.92 Å². The van der Waals surface area contributed by atoms with Crippen molar-refractivity contribution >= 4 is 0 Å². The summed E-state index contributed by atoms with van der Waals surface area (Å²) in [6.07, 6.45) is 3.90. The Morgan fingerprint density at radius 2 is 2.00 bits per heavy atom. The van der Waals surface area contributed by atoms with Crippen LogP contribution < -0.4 is 5.32 Å². The summed E-state index contributed by atoms with van der Waals surface area (Å²) in [6, 6.07) is 1.40. The van der Waals surface area contributed by atoms with Crippen molar-refractivity contribution in [3.63, 3.8) is 0 Å². The second kappa shape index (κ2) is 7.61. The molecule has 0 spiro atoms. The van der Waals surface area contributed by atoms with Crippen molar-refractivity contribution in [2.24, 2.45) is 0 Å². The summed E-state index contributed by atoms with van der Waals surface area (Å²) in [7, 11) is 2.23. The Kier molecular flexibility index (Phi) is 6.78. The summed E-state index contributed by atoms with van der Waals surface area (Å²) < 4.78 is 0. The maximum Gasteiger partial charge on any atom is 0.0252 e. The fourth-order valence-corrected chi connectivity index (χ4v) is 2.81. The van der Waals surface area contributed by atoms with Crippen molar-refractivity contribution in [3.05, 3.63) is 0 Å². The third-order valence-electron chi connectivity index (χ3n) is 4.49. The van der Waals surface area contributed by atoms with Gasteiger partial charge in [-0.2, -0.15) is 0 Å². The molecule has 1 unspecified atom stereocenters. The van der Waals surface area contributed by atoms with E-state index in [0.29, 0.717) is 6.04 Å². The Morgan fingerprint density at radius 1 is 1.32 bits per heavy atom. The average molecular weight is 269 g/mol. The minimum Gasteiger partial charge on any atom is -0.309 e. The lowest BCUT2D eigenvalue weighted by molar-refractivity contribution is 0.0899. The van der Waals surface area contributed by atoms with Crippen LogP contribution in [0.4, 0.5) is 0 Å². The second-order valence-electron chi connectivity index (χ2n) is 7.08. The van der Waals surface area contributed by atoms with Crippen molar-refractivity contribution in [1.82, 2.24) is 15.1 Å². The van der Waals surface area contributed by atoms with E-state index < -0.39 is 0 Å². The first kappa shape index (κ1) is 16.9. The summed E-state index contributed by atoms with van der Waals surface area (Å²) >= 11 is 0. The van der Waals surface area contributed by atoms with Crippen molar-refractivity contribution in [2.45, 2.75) is 71.5 Å². The van der Waals surface area contributed by atoms with Crippen LogP contribution in [0.15, 0.2) is 0 Å². The lowest BCUT2D eigenvalue weighted by Gasteiger charge is -2.44. The van der Waals surface area contributed by atoms with E-state index in [0.717, 1.165) is 12.6 Å². The topological polar surface area (TPSA) is 18.5 Å². The molecule has 19 heavy (non-hydrogen) atoms. The smallest absolute Gasteiger partial charge is 0.0252 e. The molecule has 3 heteroatoms. The molecule has 114 valence electrons. The molecule has 1 rings (SSSR count). The number of nitrogens with one attached hydrogen (secondary N) is 1. The molecule has 0 aromatic carbocycles. The highest BCUT2D eigenvalue weighted by molar-refractivity contribution is 4.91. The first-order valence-corrected chi connectivity index (χ1v) is 8.05. The van der Waals surface area contributed by atoms with Crippen LogP contribution in [0.5, 0.6) is 0 Å². The van der Waals surface area contributed by atoms with Crippen LogP contribution in [0.3, 0.4) is 0 Å². The molecule has 0 aliphatic carbocycles. The Labute approximate surface area is 120 Å². The first-order chi connectivity index (χ1) is 8.85. The molecular formula is C16H35N3. The van der Waals surface area contributed by atoms with E-state index in [9.17, 15) is 0 Å². The van der Waals surface area contributed by atoms with Gasteiger partial charge in [-0.3, -0.25) is 4.90 Å². The van der Waals surface area contributed by atoms with Crippen molar-refractivity contribution < 1.29 is 0 Å². The molecule has 1 atom stereocenters. The van der Waals surface area contributed by atoms with E-state index in [1.165, 1.54) is 38.9 Å². The average Bonchev–Trinajstić information content (AvgIpc) is 2.33. The van der Waals surface area contributed by atoms with E-state index >= 15 is 0 Å². The standard InChI is InChI=1S/C16H35N3/c1-7-15-12-17-16(4,5)13-19(15)11-9-8-10-18(6)14(2)3/h14-15,17H,7-13H2,1-6H3. The summed E-state index contributed by atoms with van der Waals surface area (Å²) in [4.78, 5) is 5.14. The summed E-state index contributed by atoms with van der Waals surface area (Å²) in [5.74, 6) is 0. The predicted molar refractivity (Wildman–Crippen MR) is 84.7 cm³/mol. The van der Waals surface area contributed by atoms with Gasteiger partial charge in [-0.15, -0.1) is 0 Å². The fourth-order valence-electron chi connectivity index (χ4n) is 2.81. The van der Waals surface area contributed by atoms with Gasteiger partial charge in [0.05, 0.1) is 0 Å². The zero-order valence-corrected chi connectivity index (χ0v) is 14.0. The van der Waals surface area contributed by atoms with Crippen molar-refractivity contribution in [1.29, 1.82) is 0 Å². The SMILES string of the molecule is CCC1CNC(C)(C)CN1CCCCN(C)C(C)C. The number of piperazine rings is 1. The van der Waals surface area contributed by atoms with Crippen LogP contribution in [-0.4, -0.2) is 60.6 Å². The number of unbranched alkanes of at least 4 members (excludes halogenated alkanes) is 1. The second-order valence-corrected chi connectivity index (χ2v) is 7.08. The molecule has 1 N–H and O–H groups in total. The molecule has 1 saturated heterocycles. The van der Waals surface area contributed by atoms with Crippen LogP contribution in [0.1, 0.15) is 53.9 Å². The Hall–Kier alpha value is -0.120. The van der Waals surface area contributed by atoms with Crippen molar-refractivity contribution in [3.8, 4) is 0 Å². The van der Waals surface area contributed by atoms with Gasteiger partial charge in [0.15, 0.2) is 0 Å². The van der Waals surface area contributed by atoms with Crippen LogP contribution in [0.2, 0.25) is 0 Å². The maximum absolute atomic E-state index is 3.66. The van der Waals surface area contributed by atoms with Gasteiger partial charge in [-0.25, -0.2) is 0 Å². The van der Waals surface area contributed by atoms with E-state index in [-0.39, 0.29) is 5.54 Å². The molecule has 3 nitrogen and oxygen atoms in total. The van der Waals surface area contributed by atoms with Crippen LogP contribution in [-0.2, 0) is 0 Å². The zero-order chi connectivity index (χ0) is 14.5. The van der Waals surface area contributed by atoms with Gasteiger partial charge in [0, 0.05) is 30.7 Å².